The third kappa shape index (κ3) is 4.12. The molecule has 0 bridgehead atoms. The van der Waals surface area contributed by atoms with Gasteiger partial charge in [0.05, 0.1) is 12.2 Å². The molecule has 0 spiro atoms. The van der Waals surface area contributed by atoms with E-state index >= 15 is 0 Å². The van der Waals surface area contributed by atoms with Gasteiger partial charge in [0.15, 0.2) is 0 Å². The van der Waals surface area contributed by atoms with Gasteiger partial charge in [0.1, 0.15) is 5.82 Å². The number of nitrogens with one attached hydrogen (secondary N) is 1. The van der Waals surface area contributed by atoms with Gasteiger partial charge < -0.3 is 5.32 Å². The van der Waals surface area contributed by atoms with Gasteiger partial charge in [0, 0.05) is 31.0 Å². The fourth-order valence-corrected chi connectivity index (χ4v) is 3.74. The highest BCUT2D eigenvalue weighted by Gasteiger charge is 2.30. The van der Waals surface area contributed by atoms with Gasteiger partial charge in [-0.05, 0) is 54.8 Å². The molecule has 1 atom stereocenters. The Labute approximate surface area is 163 Å². The van der Waals surface area contributed by atoms with Crippen molar-refractivity contribution in [1.29, 1.82) is 0 Å². The second-order valence-corrected chi connectivity index (χ2v) is 7.23. The summed E-state index contributed by atoms with van der Waals surface area (Å²) in [6.45, 7) is 1.63. The Bertz CT molecular complexity index is 967. The number of amides is 1. The number of benzene rings is 2. The van der Waals surface area contributed by atoms with Crippen LogP contribution in [-0.4, -0.2) is 33.2 Å². The standard InChI is InChI=1S/C22H23FN4O/c1-26-14-16(13-24-26)15-27-11-3-6-21(27)22(28)25-20-9-7-17(8-10-20)18-4-2-5-19(23)12-18/h2,4-5,7-10,12-14,21H,3,6,11,15H2,1H3,(H,25,28)/t21-/m1/s1. The Balaban J connectivity index is 1.41. The third-order valence-electron chi connectivity index (χ3n) is 5.12. The van der Waals surface area contributed by atoms with Crippen molar-refractivity contribution in [2.45, 2.75) is 25.4 Å². The topological polar surface area (TPSA) is 50.2 Å². The molecule has 4 rings (SSSR count). The van der Waals surface area contributed by atoms with Gasteiger partial charge in [-0.1, -0.05) is 24.3 Å². The summed E-state index contributed by atoms with van der Waals surface area (Å²) in [7, 11) is 1.89. The molecule has 0 radical (unpaired) electrons. The predicted molar refractivity (Wildman–Crippen MR) is 107 cm³/mol. The number of rotatable bonds is 5. The van der Waals surface area contributed by atoms with E-state index in [0.717, 1.165) is 48.3 Å². The van der Waals surface area contributed by atoms with Gasteiger partial charge in [-0.2, -0.15) is 5.10 Å². The highest BCUT2D eigenvalue weighted by molar-refractivity contribution is 5.95. The van der Waals surface area contributed by atoms with Crippen LogP contribution in [0.3, 0.4) is 0 Å². The number of aryl methyl sites for hydroxylation is 1. The maximum Gasteiger partial charge on any atom is 0.241 e. The normalized spacial score (nSPS) is 17.0. The summed E-state index contributed by atoms with van der Waals surface area (Å²) in [6, 6.07) is 13.9. The van der Waals surface area contributed by atoms with Crippen LogP contribution in [0.1, 0.15) is 18.4 Å². The maximum atomic E-state index is 13.4. The minimum atomic E-state index is -0.259. The maximum absolute atomic E-state index is 13.4. The number of carbonyl (C=O) groups is 1. The molecule has 0 aliphatic carbocycles. The Hall–Kier alpha value is -2.99. The van der Waals surface area contributed by atoms with E-state index in [1.807, 2.05) is 49.8 Å². The molecule has 1 aromatic heterocycles. The number of hydrogen-bond donors (Lipinski definition) is 1. The molecular weight excluding hydrogens is 355 g/mol. The van der Waals surface area contributed by atoms with Crippen molar-refractivity contribution in [1.82, 2.24) is 14.7 Å². The van der Waals surface area contributed by atoms with E-state index in [1.165, 1.54) is 12.1 Å². The lowest BCUT2D eigenvalue weighted by molar-refractivity contribution is -0.120. The molecule has 1 aliphatic rings. The highest BCUT2D eigenvalue weighted by Crippen LogP contribution is 2.24. The Kier molecular flexibility index (Phi) is 5.21. The first kappa shape index (κ1) is 18.4. The monoisotopic (exact) mass is 378 g/mol. The molecule has 5 nitrogen and oxygen atoms in total. The number of nitrogens with zero attached hydrogens (tertiary/aromatic N) is 3. The quantitative estimate of drug-likeness (QED) is 0.734. The molecule has 0 saturated carbocycles. The first-order chi connectivity index (χ1) is 13.6. The van der Waals surface area contributed by atoms with Crippen molar-refractivity contribution in [3.8, 4) is 11.1 Å². The van der Waals surface area contributed by atoms with Gasteiger partial charge in [-0.25, -0.2) is 4.39 Å². The van der Waals surface area contributed by atoms with Gasteiger partial charge in [0.25, 0.3) is 0 Å². The predicted octanol–water partition coefficient (Wildman–Crippen LogP) is 3.83. The van der Waals surface area contributed by atoms with Crippen LogP contribution in [-0.2, 0) is 18.4 Å². The fraction of sp³-hybridized carbons (Fsp3) is 0.273. The molecular formula is C22H23FN4O. The summed E-state index contributed by atoms with van der Waals surface area (Å²) in [4.78, 5) is 15.0. The van der Waals surface area contributed by atoms with Crippen molar-refractivity contribution >= 4 is 11.6 Å². The number of anilines is 1. The number of likely N-dealkylation sites (tertiary alicyclic amines) is 1. The van der Waals surface area contributed by atoms with E-state index < -0.39 is 0 Å². The SMILES string of the molecule is Cn1cc(CN2CCC[C@@H]2C(=O)Nc2ccc(-c3cccc(F)c3)cc2)cn1. The minimum absolute atomic E-state index is 0.0138. The fourth-order valence-electron chi connectivity index (χ4n) is 3.74. The van der Waals surface area contributed by atoms with E-state index in [4.69, 9.17) is 0 Å². The van der Waals surface area contributed by atoms with Crippen LogP contribution in [0.4, 0.5) is 10.1 Å². The summed E-state index contributed by atoms with van der Waals surface area (Å²) >= 11 is 0. The van der Waals surface area contributed by atoms with Crippen molar-refractivity contribution in [2.75, 3.05) is 11.9 Å². The first-order valence-corrected chi connectivity index (χ1v) is 9.47. The number of aromatic nitrogens is 2. The number of carbonyl (C=O) groups excluding carboxylic acids is 1. The number of halogens is 1. The van der Waals surface area contributed by atoms with Crippen molar-refractivity contribution < 1.29 is 9.18 Å². The van der Waals surface area contributed by atoms with Crippen LogP contribution in [0.25, 0.3) is 11.1 Å². The zero-order valence-electron chi connectivity index (χ0n) is 15.8. The number of hydrogen-bond acceptors (Lipinski definition) is 3. The molecule has 1 N–H and O–H groups in total. The Morgan fingerprint density at radius 2 is 2.04 bits per heavy atom. The van der Waals surface area contributed by atoms with Crippen molar-refractivity contribution in [3.05, 3.63) is 72.3 Å². The summed E-state index contributed by atoms with van der Waals surface area (Å²) in [6.07, 6.45) is 5.70. The molecule has 144 valence electrons. The summed E-state index contributed by atoms with van der Waals surface area (Å²) in [5, 5.41) is 7.22. The van der Waals surface area contributed by atoms with Crippen molar-refractivity contribution in [3.63, 3.8) is 0 Å². The summed E-state index contributed by atoms with van der Waals surface area (Å²) < 4.78 is 15.2. The van der Waals surface area contributed by atoms with Crippen LogP contribution in [0.2, 0.25) is 0 Å². The zero-order chi connectivity index (χ0) is 19.5. The Morgan fingerprint density at radius 3 is 2.75 bits per heavy atom. The first-order valence-electron chi connectivity index (χ1n) is 9.47. The molecule has 2 heterocycles. The van der Waals surface area contributed by atoms with Gasteiger partial charge in [-0.15, -0.1) is 0 Å². The second kappa shape index (κ2) is 7.94. The average Bonchev–Trinajstić information content (AvgIpc) is 3.31. The minimum Gasteiger partial charge on any atom is -0.325 e. The molecule has 0 unspecified atom stereocenters. The lowest BCUT2D eigenvalue weighted by atomic mass is 10.1. The van der Waals surface area contributed by atoms with E-state index in [0.29, 0.717) is 0 Å². The molecule has 3 aromatic rings. The van der Waals surface area contributed by atoms with Crippen LogP contribution in [0, 0.1) is 5.82 Å². The van der Waals surface area contributed by atoms with E-state index in [-0.39, 0.29) is 17.8 Å². The molecule has 1 amide bonds. The molecule has 28 heavy (non-hydrogen) atoms. The second-order valence-electron chi connectivity index (χ2n) is 7.23. The van der Waals surface area contributed by atoms with Crippen LogP contribution >= 0.6 is 0 Å². The molecule has 1 fully saturated rings. The van der Waals surface area contributed by atoms with Crippen LogP contribution in [0.15, 0.2) is 60.9 Å². The van der Waals surface area contributed by atoms with E-state index in [9.17, 15) is 9.18 Å². The highest BCUT2D eigenvalue weighted by atomic mass is 19.1. The van der Waals surface area contributed by atoms with E-state index in [2.05, 4.69) is 15.3 Å². The van der Waals surface area contributed by atoms with Gasteiger partial charge in [-0.3, -0.25) is 14.4 Å². The average molecular weight is 378 g/mol. The van der Waals surface area contributed by atoms with Gasteiger partial charge >= 0.3 is 0 Å². The zero-order valence-corrected chi connectivity index (χ0v) is 15.8. The molecule has 6 heteroatoms. The Morgan fingerprint density at radius 1 is 1.21 bits per heavy atom. The van der Waals surface area contributed by atoms with Crippen LogP contribution < -0.4 is 5.32 Å². The van der Waals surface area contributed by atoms with E-state index in [1.54, 1.807) is 10.7 Å². The lowest BCUT2D eigenvalue weighted by Gasteiger charge is -2.23. The summed E-state index contributed by atoms with van der Waals surface area (Å²) in [5.74, 6) is -0.246. The smallest absolute Gasteiger partial charge is 0.241 e. The molecule has 1 aliphatic heterocycles. The summed E-state index contributed by atoms with van der Waals surface area (Å²) in [5.41, 5.74) is 3.59. The molecule has 1 saturated heterocycles. The molecule has 2 aromatic carbocycles. The van der Waals surface area contributed by atoms with Crippen LogP contribution in [0.5, 0.6) is 0 Å². The van der Waals surface area contributed by atoms with Gasteiger partial charge in [0.2, 0.25) is 5.91 Å². The van der Waals surface area contributed by atoms with Crippen molar-refractivity contribution in [2.24, 2.45) is 7.05 Å². The lowest BCUT2D eigenvalue weighted by Crippen LogP contribution is -2.39. The third-order valence-corrected chi connectivity index (χ3v) is 5.12. The largest absolute Gasteiger partial charge is 0.325 e.